The zero-order valence-corrected chi connectivity index (χ0v) is 17.8. The number of carbonyl (C=O) groups excluding carboxylic acids is 2. The number of imidazole rings is 1. The molecule has 8 heteroatoms. The fourth-order valence-electron chi connectivity index (χ4n) is 3.19. The first-order valence-corrected chi connectivity index (χ1v) is 10.2. The Hall–Kier alpha value is -4.51. The van der Waals surface area contributed by atoms with Gasteiger partial charge in [0.1, 0.15) is 22.9 Å². The summed E-state index contributed by atoms with van der Waals surface area (Å²) in [5, 5.41) is 5.52. The first-order valence-electron chi connectivity index (χ1n) is 10.2. The number of pyridine rings is 2. The van der Waals surface area contributed by atoms with Crippen molar-refractivity contribution in [2.24, 2.45) is 0 Å². The maximum absolute atomic E-state index is 13.4. The van der Waals surface area contributed by atoms with Gasteiger partial charge in [0, 0.05) is 30.7 Å². The standard InChI is InChI=1S/C25H20FN5O2/c1-17-14-19(7-8-20(17)26)15-29-24(32)21-16-31-22(5-2-6-23(31)30-21)25(33)28-11-3-4-18-9-12-27-13-10-18/h2,5-10,12-14,16H,11,15H2,1H3,(H,28,33)(H,29,32). The second kappa shape index (κ2) is 9.75. The van der Waals surface area contributed by atoms with Crippen molar-refractivity contribution >= 4 is 17.5 Å². The molecule has 3 aromatic heterocycles. The number of carbonyl (C=O) groups is 2. The van der Waals surface area contributed by atoms with Gasteiger partial charge >= 0.3 is 0 Å². The minimum atomic E-state index is -0.393. The van der Waals surface area contributed by atoms with Crippen molar-refractivity contribution in [3.05, 3.63) is 101 Å². The second-order valence-electron chi connectivity index (χ2n) is 7.25. The highest BCUT2D eigenvalue weighted by Crippen LogP contribution is 2.11. The molecular weight excluding hydrogens is 421 g/mol. The van der Waals surface area contributed by atoms with E-state index in [0.717, 1.165) is 11.1 Å². The molecule has 4 aromatic rings. The molecule has 0 aliphatic heterocycles. The molecule has 1 aromatic carbocycles. The van der Waals surface area contributed by atoms with Crippen molar-refractivity contribution in [1.82, 2.24) is 25.0 Å². The normalized spacial score (nSPS) is 10.4. The molecule has 0 aliphatic rings. The van der Waals surface area contributed by atoms with Crippen LogP contribution in [0.3, 0.4) is 0 Å². The number of halogens is 1. The molecule has 0 fully saturated rings. The molecule has 0 bridgehead atoms. The number of fused-ring (bicyclic) bond motifs is 1. The van der Waals surface area contributed by atoms with E-state index in [1.807, 2.05) is 0 Å². The van der Waals surface area contributed by atoms with Gasteiger partial charge in [0.2, 0.25) is 0 Å². The lowest BCUT2D eigenvalue weighted by Gasteiger charge is -2.05. The van der Waals surface area contributed by atoms with Gasteiger partial charge < -0.3 is 10.6 Å². The molecule has 0 radical (unpaired) electrons. The Balaban J connectivity index is 1.43. The van der Waals surface area contributed by atoms with E-state index >= 15 is 0 Å². The van der Waals surface area contributed by atoms with Gasteiger partial charge in [-0.25, -0.2) is 9.37 Å². The van der Waals surface area contributed by atoms with Gasteiger partial charge in [0.05, 0.1) is 6.54 Å². The summed E-state index contributed by atoms with van der Waals surface area (Å²) in [6, 6.07) is 13.3. The Morgan fingerprint density at radius 3 is 2.67 bits per heavy atom. The lowest BCUT2D eigenvalue weighted by Crippen LogP contribution is -2.25. The van der Waals surface area contributed by atoms with E-state index in [9.17, 15) is 14.0 Å². The van der Waals surface area contributed by atoms with Gasteiger partial charge in [-0.1, -0.05) is 30.0 Å². The molecule has 0 unspecified atom stereocenters. The quantitative estimate of drug-likeness (QED) is 0.466. The van der Waals surface area contributed by atoms with Crippen LogP contribution in [0.15, 0.2) is 67.1 Å². The van der Waals surface area contributed by atoms with Crippen molar-refractivity contribution in [2.45, 2.75) is 13.5 Å². The van der Waals surface area contributed by atoms with E-state index in [4.69, 9.17) is 0 Å². The average molecular weight is 441 g/mol. The van der Waals surface area contributed by atoms with Gasteiger partial charge in [0.25, 0.3) is 11.8 Å². The molecular formula is C25H20FN5O2. The maximum Gasteiger partial charge on any atom is 0.271 e. The monoisotopic (exact) mass is 441 g/mol. The predicted octanol–water partition coefficient (Wildman–Crippen LogP) is 2.89. The van der Waals surface area contributed by atoms with Crippen molar-refractivity contribution in [1.29, 1.82) is 0 Å². The topological polar surface area (TPSA) is 88.4 Å². The van der Waals surface area contributed by atoms with E-state index in [1.165, 1.54) is 12.3 Å². The Labute approximate surface area is 189 Å². The van der Waals surface area contributed by atoms with E-state index in [1.54, 1.807) is 66.2 Å². The Bertz CT molecular complexity index is 1390. The molecule has 0 atom stereocenters. The van der Waals surface area contributed by atoms with Crippen molar-refractivity contribution < 1.29 is 14.0 Å². The van der Waals surface area contributed by atoms with Crippen LogP contribution in [0, 0.1) is 24.6 Å². The van der Waals surface area contributed by atoms with E-state index in [-0.39, 0.29) is 30.5 Å². The summed E-state index contributed by atoms with van der Waals surface area (Å²) >= 11 is 0. The number of aryl methyl sites for hydroxylation is 1. The van der Waals surface area contributed by atoms with Crippen molar-refractivity contribution in [3.8, 4) is 11.8 Å². The van der Waals surface area contributed by atoms with Crippen LogP contribution >= 0.6 is 0 Å². The van der Waals surface area contributed by atoms with Crippen LogP contribution < -0.4 is 10.6 Å². The van der Waals surface area contributed by atoms with Gasteiger partial charge in [-0.3, -0.25) is 19.0 Å². The Morgan fingerprint density at radius 1 is 1.06 bits per heavy atom. The van der Waals surface area contributed by atoms with Crippen LogP contribution in [0.1, 0.15) is 37.7 Å². The molecule has 164 valence electrons. The molecule has 3 heterocycles. The molecule has 2 amide bonds. The first kappa shape index (κ1) is 21.7. The third kappa shape index (κ3) is 5.22. The van der Waals surface area contributed by atoms with Gasteiger partial charge in [-0.05, 0) is 48.4 Å². The largest absolute Gasteiger partial charge is 0.347 e. The van der Waals surface area contributed by atoms with Gasteiger partial charge in [-0.15, -0.1) is 0 Å². The number of aromatic nitrogens is 3. The minimum absolute atomic E-state index is 0.163. The predicted molar refractivity (Wildman–Crippen MR) is 121 cm³/mol. The number of hydrogen-bond donors (Lipinski definition) is 2. The highest BCUT2D eigenvalue weighted by molar-refractivity contribution is 5.95. The average Bonchev–Trinajstić information content (AvgIpc) is 3.27. The number of nitrogens with one attached hydrogen (secondary N) is 2. The van der Waals surface area contributed by atoms with Crippen LogP contribution in [-0.2, 0) is 6.54 Å². The van der Waals surface area contributed by atoms with Crippen molar-refractivity contribution in [2.75, 3.05) is 6.54 Å². The van der Waals surface area contributed by atoms with Gasteiger partial charge in [-0.2, -0.15) is 0 Å². The zero-order chi connectivity index (χ0) is 23.2. The van der Waals surface area contributed by atoms with E-state index < -0.39 is 5.91 Å². The third-order valence-corrected chi connectivity index (χ3v) is 4.88. The smallest absolute Gasteiger partial charge is 0.271 e. The molecule has 0 spiro atoms. The summed E-state index contributed by atoms with van der Waals surface area (Å²) in [4.78, 5) is 33.5. The fraction of sp³-hybridized carbons (Fsp3) is 0.120. The number of rotatable bonds is 5. The molecule has 0 saturated carbocycles. The minimum Gasteiger partial charge on any atom is -0.347 e. The van der Waals surface area contributed by atoms with Crippen LogP contribution in [0.4, 0.5) is 4.39 Å². The number of hydrogen-bond acceptors (Lipinski definition) is 4. The molecule has 4 rings (SSSR count). The number of benzene rings is 1. The molecule has 7 nitrogen and oxygen atoms in total. The lowest BCUT2D eigenvalue weighted by molar-refractivity contribution is 0.0938. The number of nitrogens with zero attached hydrogens (tertiary/aromatic N) is 3. The molecule has 0 aliphatic carbocycles. The Morgan fingerprint density at radius 2 is 1.88 bits per heavy atom. The molecule has 2 N–H and O–H groups in total. The SMILES string of the molecule is Cc1cc(CNC(=O)c2cn3c(C(=O)NCC#Cc4ccncc4)cccc3n2)ccc1F. The van der Waals surface area contributed by atoms with Gasteiger partial charge in [0.15, 0.2) is 0 Å². The van der Waals surface area contributed by atoms with Crippen molar-refractivity contribution in [3.63, 3.8) is 0 Å². The molecule has 33 heavy (non-hydrogen) atoms. The fourth-order valence-corrected chi connectivity index (χ4v) is 3.19. The summed E-state index contributed by atoms with van der Waals surface area (Å²) in [6.45, 7) is 2.06. The summed E-state index contributed by atoms with van der Waals surface area (Å²) in [6.07, 6.45) is 4.81. The second-order valence-corrected chi connectivity index (χ2v) is 7.25. The van der Waals surface area contributed by atoms with Crippen LogP contribution in [-0.4, -0.2) is 32.7 Å². The number of amides is 2. The summed E-state index contributed by atoms with van der Waals surface area (Å²) < 4.78 is 15.0. The van der Waals surface area contributed by atoms with E-state index in [2.05, 4.69) is 32.4 Å². The van der Waals surface area contributed by atoms with Crippen LogP contribution in [0.25, 0.3) is 5.65 Å². The first-order chi connectivity index (χ1) is 16.0. The van der Waals surface area contributed by atoms with Crippen LogP contribution in [0.5, 0.6) is 0 Å². The maximum atomic E-state index is 13.4. The summed E-state index contributed by atoms with van der Waals surface area (Å²) in [5.41, 5.74) is 3.07. The van der Waals surface area contributed by atoms with E-state index in [0.29, 0.717) is 16.9 Å². The highest BCUT2D eigenvalue weighted by Gasteiger charge is 2.15. The summed E-state index contributed by atoms with van der Waals surface area (Å²) in [5.74, 6) is 4.81. The summed E-state index contributed by atoms with van der Waals surface area (Å²) in [7, 11) is 0. The lowest BCUT2D eigenvalue weighted by atomic mass is 10.1. The molecule has 0 saturated heterocycles. The third-order valence-electron chi connectivity index (χ3n) is 4.88. The Kier molecular flexibility index (Phi) is 6.41. The highest BCUT2D eigenvalue weighted by atomic mass is 19.1. The zero-order valence-electron chi connectivity index (χ0n) is 17.8. The van der Waals surface area contributed by atoms with Crippen LogP contribution in [0.2, 0.25) is 0 Å².